The number of rotatable bonds is 3. The number of benzene rings is 1. The highest BCUT2D eigenvalue weighted by Crippen LogP contribution is 2.37. The molecule has 2 heterocycles. The van der Waals surface area contributed by atoms with Crippen molar-refractivity contribution in [2.24, 2.45) is 10.7 Å². The van der Waals surface area contributed by atoms with Gasteiger partial charge in [-0.3, -0.25) is 20.5 Å². The van der Waals surface area contributed by atoms with Crippen LogP contribution in [0.1, 0.15) is 6.42 Å². The molecule has 0 amide bonds. The first-order chi connectivity index (χ1) is 11.4. The zero-order valence-electron chi connectivity index (χ0n) is 13.0. The predicted molar refractivity (Wildman–Crippen MR) is 82.3 cm³/mol. The summed E-state index contributed by atoms with van der Waals surface area (Å²) in [6, 6.07) is 6.62. The van der Waals surface area contributed by atoms with Crippen molar-refractivity contribution in [1.29, 1.82) is 0 Å². The fourth-order valence-corrected chi connectivity index (χ4v) is 2.63. The molecule has 0 aliphatic carbocycles. The number of methoxy groups -OCH3 is 1. The molecule has 6 nitrogen and oxygen atoms in total. The molecule has 3 rings (SSSR count). The van der Waals surface area contributed by atoms with Crippen molar-refractivity contribution in [3.05, 3.63) is 35.7 Å². The van der Waals surface area contributed by atoms with Gasteiger partial charge in [0, 0.05) is 24.5 Å². The highest BCUT2D eigenvalue weighted by Gasteiger charge is 2.43. The molecule has 9 heteroatoms. The Labute approximate surface area is 136 Å². The number of hydroxylamine groups is 2. The van der Waals surface area contributed by atoms with E-state index in [0.29, 0.717) is 31.0 Å². The zero-order valence-corrected chi connectivity index (χ0v) is 13.0. The lowest BCUT2D eigenvalue weighted by atomic mass is 10.2. The van der Waals surface area contributed by atoms with E-state index in [0.717, 1.165) is 6.21 Å². The van der Waals surface area contributed by atoms with Crippen LogP contribution in [0, 0.1) is 0 Å². The number of alkyl halides is 3. The number of hydrogen-bond acceptors (Lipinski definition) is 6. The van der Waals surface area contributed by atoms with E-state index in [2.05, 4.69) is 4.99 Å². The summed E-state index contributed by atoms with van der Waals surface area (Å²) >= 11 is 0. The van der Waals surface area contributed by atoms with Crippen LogP contribution in [0.15, 0.2) is 40.7 Å². The van der Waals surface area contributed by atoms with E-state index in [1.807, 2.05) is 0 Å². The number of hydrogen-bond donors (Lipinski definition) is 1. The van der Waals surface area contributed by atoms with Crippen molar-refractivity contribution in [3.8, 4) is 5.75 Å². The van der Waals surface area contributed by atoms with Crippen molar-refractivity contribution < 1.29 is 22.7 Å². The maximum absolute atomic E-state index is 13.5. The maximum Gasteiger partial charge on any atom is 0.421 e. The maximum atomic E-state index is 13.5. The zero-order chi connectivity index (χ0) is 17.3. The van der Waals surface area contributed by atoms with Crippen LogP contribution in [0.5, 0.6) is 5.75 Å². The summed E-state index contributed by atoms with van der Waals surface area (Å²) < 4.78 is 45.6. The van der Waals surface area contributed by atoms with E-state index in [-0.39, 0.29) is 5.82 Å². The number of ether oxygens (including phenoxy) is 1. The van der Waals surface area contributed by atoms with E-state index in [1.165, 1.54) is 17.1 Å². The average molecular weight is 342 g/mol. The third-order valence-electron chi connectivity index (χ3n) is 3.72. The van der Waals surface area contributed by atoms with Gasteiger partial charge in [0.15, 0.2) is 6.29 Å². The molecule has 0 radical (unpaired) electrons. The monoisotopic (exact) mass is 342 g/mol. The number of anilines is 1. The Hall–Kier alpha value is -2.26. The predicted octanol–water partition coefficient (Wildman–Crippen LogP) is 2.24. The molecule has 0 aromatic heterocycles. The van der Waals surface area contributed by atoms with Crippen LogP contribution < -0.4 is 15.4 Å². The molecule has 0 bridgehead atoms. The van der Waals surface area contributed by atoms with E-state index >= 15 is 0 Å². The Balaban J connectivity index is 2.13. The molecule has 1 fully saturated rings. The first-order valence-electron chi connectivity index (χ1n) is 7.36. The van der Waals surface area contributed by atoms with Crippen molar-refractivity contribution in [1.82, 2.24) is 5.06 Å². The van der Waals surface area contributed by atoms with E-state index in [9.17, 15) is 13.2 Å². The van der Waals surface area contributed by atoms with Crippen LogP contribution in [-0.2, 0) is 4.84 Å². The molecule has 0 spiro atoms. The minimum absolute atomic E-state index is 0.157. The van der Waals surface area contributed by atoms with Gasteiger partial charge in [0.1, 0.15) is 17.1 Å². The standard InChI is InChI=1S/C15H17F3N4O2/c1-23-11-5-2-4-10(8-11)22-13(21-6-3-7-24-21)12(15(16,17)18)9-20-14(22)19/h2,4-5,8-9,14H,3,6-7,19H2,1H3. The molecule has 130 valence electrons. The van der Waals surface area contributed by atoms with Gasteiger partial charge in [-0.15, -0.1) is 0 Å². The minimum atomic E-state index is -4.58. The molecule has 1 atom stereocenters. The number of allylic oxidation sites excluding steroid dienone is 1. The van der Waals surface area contributed by atoms with Gasteiger partial charge in [0.05, 0.1) is 13.7 Å². The molecule has 1 aromatic rings. The second-order valence-electron chi connectivity index (χ2n) is 5.29. The summed E-state index contributed by atoms with van der Waals surface area (Å²) in [5.74, 6) is 0.347. The molecule has 1 aromatic carbocycles. The van der Waals surface area contributed by atoms with Gasteiger partial charge in [-0.2, -0.15) is 13.2 Å². The van der Waals surface area contributed by atoms with Gasteiger partial charge in [0.2, 0.25) is 0 Å². The van der Waals surface area contributed by atoms with Crippen LogP contribution in [0.3, 0.4) is 0 Å². The van der Waals surface area contributed by atoms with E-state index < -0.39 is 18.0 Å². The largest absolute Gasteiger partial charge is 0.497 e. The van der Waals surface area contributed by atoms with Crippen LogP contribution in [0.4, 0.5) is 18.9 Å². The number of halogens is 3. The average Bonchev–Trinajstić information content (AvgIpc) is 3.07. The second-order valence-corrected chi connectivity index (χ2v) is 5.29. The highest BCUT2D eigenvalue weighted by molar-refractivity contribution is 5.84. The molecule has 2 aliphatic heterocycles. The minimum Gasteiger partial charge on any atom is -0.497 e. The highest BCUT2D eigenvalue weighted by atomic mass is 19.4. The Bertz CT molecular complexity index is 669. The van der Waals surface area contributed by atoms with Crippen LogP contribution >= 0.6 is 0 Å². The lowest BCUT2D eigenvalue weighted by molar-refractivity contribution is -0.107. The van der Waals surface area contributed by atoms with Crippen LogP contribution in [0.2, 0.25) is 0 Å². The summed E-state index contributed by atoms with van der Waals surface area (Å²) in [7, 11) is 1.48. The van der Waals surface area contributed by atoms with Crippen molar-refractivity contribution in [3.63, 3.8) is 0 Å². The van der Waals surface area contributed by atoms with E-state index in [1.54, 1.807) is 24.3 Å². The van der Waals surface area contributed by atoms with Gasteiger partial charge in [-0.25, -0.2) is 5.06 Å². The Morgan fingerprint density at radius 2 is 2.17 bits per heavy atom. The Kier molecular flexibility index (Phi) is 4.37. The van der Waals surface area contributed by atoms with E-state index in [4.69, 9.17) is 15.3 Å². The molecule has 2 N–H and O–H groups in total. The van der Waals surface area contributed by atoms with Crippen molar-refractivity contribution in [2.45, 2.75) is 18.9 Å². The van der Waals surface area contributed by atoms with Crippen LogP contribution in [0.25, 0.3) is 0 Å². The number of aliphatic imine (C=N–C) groups is 1. The normalized spacial score (nSPS) is 21.6. The Morgan fingerprint density at radius 1 is 1.38 bits per heavy atom. The fourth-order valence-electron chi connectivity index (χ4n) is 2.63. The fraction of sp³-hybridized carbons (Fsp3) is 0.400. The SMILES string of the molecule is COc1cccc(N2C(N3CCCO3)=C(C(F)(F)F)C=NC2N)c1. The van der Waals surface area contributed by atoms with Crippen molar-refractivity contribution >= 4 is 11.9 Å². The van der Waals surface area contributed by atoms with Crippen LogP contribution in [-0.4, -0.2) is 44.0 Å². The van der Waals surface area contributed by atoms with Gasteiger partial charge >= 0.3 is 6.18 Å². The number of nitrogens with two attached hydrogens (primary N) is 1. The van der Waals surface area contributed by atoms with Gasteiger partial charge in [0.25, 0.3) is 0 Å². The summed E-state index contributed by atoms with van der Waals surface area (Å²) in [6.45, 7) is 0.697. The third-order valence-corrected chi connectivity index (χ3v) is 3.72. The summed E-state index contributed by atoms with van der Waals surface area (Å²) in [5.41, 5.74) is 5.51. The smallest absolute Gasteiger partial charge is 0.421 e. The van der Waals surface area contributed by atoms with Gasteiger partial charge in [-0.1, -0.05) is 6.07 Å². The molecule has 2 aliphatic rings. The molecule has 0 saturated carbocycles. The summed E-state index contributed by atoms with van der Waals surface area (Å²) in [4.78, 5) is 10.5. The molecule has 24 heavy (non-hydrogen) atoms. The van der Waals surface area contributed by atoms with Gasteiger partial charge < -0.3 is 4.74 Å². The number of nitrogens with zero attached hydrogens (tertiary/aromatic N) is 3. The first kappa shape index (κ1) is 16.6. The lowest BCUT2D eigenvalue weighted by Crippen LogP contribution is -2.49. The molecular formula is C15H17F3N4O2. The quantitative estimate of drug-likeness (QED) is 0.913. The second kappa shape index (κ2) is 6.33. The third kappa shape index (κ3) is 3.04. The first-order valence-corrected chi connectivity index (χ1v) is 7.36. The molecular weight excluding hydrogens is 325 g/mol. The Morgan fingerprint density at radius 3 is 2.79 bits per heavy atom. The molecule has 1 saturated heterocycles. The van der Waals surface area contributed by atoms with Gasteiger partial charge in [-0.05, 0) is 18.6 Å². The van der Waals surface area contributed by atoms with Crippen molar-refractivity contribution in [2.75, 3.05) is 25.2 Å². The molecule has 1 unspecified atom stereocenters. The lowest BCUT2D eigenvalue weighted by Gasteiger charge is -2.38. The topological polar surface area (TPSA) is 63.3 Å². The summed E-state index contributed by atoms with van der Waals surface area (Å²) in [6.07, 6.45) is -4.18. The summed E-state index contributed by atoms with van der Waals surface area (Å²) in [5, 5.41) is 1.23.